The van der Waals surface area contributed by atoms with Crippen molar-refractivity contribution in [1.29, 1.82) is 0 Å². The quantitative estimate of drug-likeness (QED) is 0.831. The van der Waals surface area contributed by atoms with Crippen LogP contribution in [-0.4, -0.2) is 19.6 Å². The van der Waals surface area contributed by atoms with Gasteiger partial charge in [-0.1, -0.05) is 19.1 Å². The Kier molecular flexibility index (Phi) is 5.06. The largest absolute Gasteiger partial charge is 0.385 e. The second-order valence-electron chi connectivity index (χ2n) is 5.44. The van der Waals surface area contributed by atoms with E-state index in [4.69, 9.17) is 0 Å². The number of hydrogen-bond donors (Lipinski definition) is 2. The molecule has 0 radical (unpaired) electrons. The maximum atomic E-state index is 3.58. The first kappa shape index (κ1) is 13.4. The molecule has 0 atom stereocenters. The molecular weight excluding hydrogens is 220 g/mol. The Balaban J connectivity index is 1.74. The van der Waals surface area contributed by atoms with E-state index < -0.39 is 0 Å². The molecule has 0 unspecified atom stereocenters. The van der Waals surface area contributed by atoms with Gasteiger partial charge >= 0.3 is 0 Å². The van der Waals surface area contributed by atoms with Gasteiger partial charge in [0.1, 0.15) is 0 Å². The Bertz CT molecular complexity index is 337. The van der Waals surface area contributed by atoms with E-state index in [1.807, 2.05) is 0 Å². The summed E-state index contributed by atoms with van der Waals surface area (Å²) in [5.74, 6) is 0.848. The summed E-state index contributed by atoms with van der Waals surface area (Å²) in [5.41, 5.74) is 2.68. The second-order valence-corrected chi connectivity index (χ2v) is 5.44. The minimum atomic E-state index is 0.755. The highest BCUT2D eigenvalue weighted by atomic mass is 14.9. The molecule has 1 fully saturated rings. The van der Waals surface area contributed by atoms with Crippen molar-refractivity contribution in [3.05, 3.63) is 29.8 Å². The van der Waals surface area contributed by atoms with Crippen LogP contribution in [0.3, 0.4) is 0 Å². The Morgan fingerprint density at radius 3 is 2.28 bits per heavy atom. The zero-order valence-electron chi connectivity index (χ0n) is 11.7. The van der Waals surface area contributed by atoms with Crippen LogP contribution in [0.15, 0.2) is 24.3 Å². The molecule has 0 bridgehead atoms. The molecule has 0 aliphatic heterocycles. The Labute approximate surface area is 111 Å². The van der Waals surface area contributed by atoms with Gasteiger partial charge in [-0.25, -0.2) is 0 Å². The molecule has 1 aromatic rings. The van der Waals surface area contributed by atoms with E-state index in [1.54, 1.807) is 0 Å². The second kappa shape index (κ2) is 6.79. The lowest BCUT2D eigenvalue weighted by Gasteiger charge is -2.28. The van der Waals surface area contributed by atoms with Gasteiger partial charge in [-0.15, -0.1) is 0 Å². The lowest BCUT2D eigenvalue weighted by molar-refractivity contribution is 0.312. The molecular formula is C16H26N2. The summed E-state index contributed by atoms with van der Waals surface area (Å²) in [5, 5.41) is 6.97. The van der Waals surface area contributed by atoms with Crippen LogP contribution in [0.25, 0.3) is 0 Å². The number of rotatable bonds is 5. The molecule has 1 aromatic carbocycles. The van der Waals surface area contributed by atoms with E-state index in [1.165, 1.54) is 36.9 Å². The molecule has 0 heterocycles. The van der Waals surface area contributed by atoms with E-state index in [0.29, 0.717) is 0 Å². The van der Waals surface area contributed by atoms with Crippen LogP contribution in [0.1, 0.15) is 38.2 Å². The van der Waals surface area contributed by atoms with Crippen molar-refractivity contribution in [1.82, 2.24) is 5.32 Å². The monoisotopic (exact) mass is 246 g/mol. The molecule has 2 N–H and O–H groups in total. The van der Waals surface area contributed by atoms with Crippen LogP contribution >= 0.6 is 0 Å². The van der Waals surface area contributed by atoms with Crippen molar-refractivity contribution < 1.29 is 0 Å². The van der Waals surface area contributed by atoms with Gasteiger partial charge in [0.25, 0.3) is 0 Å². The normalized spacial score (nSPS) is 23.9. The summed E-state index contributed by atoms with van der Waals surface area (Å²) in [6, 6.07) is 9.61. The molecule has 1 aliphatic carbocycles. The number of benzene rings is 1. The fourth-order valence-electron chi connectivity index (χ4n) is 2.78. The van der Waals surface area contributed by atoms with Crippen molar-refractivity contribution in [3.8, 4) is 0 Å². The summed E-state index contributed by atoms with van der Waals surface area (Å²) in [6.45, 7) is 3.32. The summed E-state index contributed by atoms with van der Waals surface area (Å²) >= 11 is 0. The van der Waals surface area contributed by atoms with Crippen LogP contribution in [-0.2, 0) is 6.42 Å². The Hall–Kier alpha value is -1.02. The summed E-state index contributed by atoms with van der Waals surface area (Å²) in [6.07, 6.45) is 6.49. The van der Waals surface area contributed by atoms with Crippen LogP contribution < -0.4 is 10.6 Å². The molecule has 2 heteroatoms. The summed E-state index contributed by atoms with van der Waals surface area (Å²) < 4.78 is 0. The smallest absolute Gasteiger partial charge is 0.0340 e. The van der Waals surface area contributed by atoms with Crippen molar-refractivity contribution in [2.75, 3.05) is 18.9 Å². The first-order chi connectivity index (χ1) is 8.81. The molecule has 1 aliphatic rings. The van der Waals surface area contributed by atoms with E-state index in [9.17, 15) is 0 Å². The Morgan fingerprint density at radius 1 is 1.06 bits per heavy atom. The van der Waals surface area contributed by atoms with Gasteiger partial charge in [0.15, 0.2) is 0 Å². The third kappa shape index (κ3) is 3.74. The number of hydrogen-bond acceptors (Lipinski definition) is 2. The molecule has 2 nitrogen and oxygen atoms in total. The summed E-state index contributed by atoms with van der Waals surface area (Å²) in [4.78, 5) is 0. The van der Waals surface area contributed by atoms with Crippen LogP contribution in [0.4, 0.5) is 5.69 Å². The first-order valence-electron chi connectivity index (χ1n) is 7.32. The van der Waals surface area contributed by atoms with Crippen molar-refractivity contribution >= 4 is 5.69 Å². The number of aryl methyl sites for hydroxylation is 1. The minimum Gasteiger partial charge on any atom is -0.385 e. The van der Waals surface area contributed by atoms with E-state index in [0.717, 1.165) is 24.9 Å². The van der Waals surface area contributed by atoms with E-state index >= 15 is 0 Å². The lowest BCUT2D eigenvalue weighted by atomic mass is 9.86. The van der Waals surface area contributed by atoms with Gasteiger partial charge in [0.05, 0.1) is 0 Å². The van der Waals surface area contributed by atoms with Gasteiger partial charge < -0.3 is 10.6 Å². The molecule has 2 rings (SSSR count). The van der Waals surface area contributed by atoms with Crippen molar-refractivity contribution in [2.45, 2.75) is 45.1 Å². The Morgan fingerprint density at radius 2 is 1.72 bits per heavy atom. The van der Waals surface area contributed by atoms with Crippen LogP contribution in [0, 0.1) is 5.92 Å². The van der Waals surface area contributed by atoms with Crippen molar-refractivity contribution in [2.24, 2.45) is 5.92 Å². The zero-order valence-corrected chi connectivity index (χ0v) is 11.7. The van der Waals surface area contributed by atoms with Crippen LogP contribution in [0.5, 0.6) is 0 Å². The maximum Gasteiger partial charge on any atom is 0.0340 e. The molecule has 0 spiro atoms. The van der Waals surface area contributed by atoms with E-state index in [2.05, 4.69) is 48.9 Å². The predicted molar refractivity (Wildman–Crippen MR) is 79.1 cm³/mol. The molecule has 18 heavy (non-hydrogen) atoms. The highest BCUT2D eigenvalue weighted by molar-refractivity contribution is 5.44. The van der Waals surface area contributed by atoms with Gasteiger partial charge in [0.2, 0.25) is 0 Å². The average molecular weight is 246 g/mol. The highest BCUT2D eigenvalue weighted by Gasteiger charge is 2.19. The fraction of sp³-hybridized carbons (Fsp3) is 0.625. The van der Waals surface area contributed by atoms with Crippen LogP contribution in [0.2, 0.25) is 0 Å². The van der Waals surface area contributed by atoms with Gasteiger partial charge in [0, 0.05) is 18.3 Å². The van der Waals surface area contributed by atoms with E-state index in [-0.39, 0.29) is 0 Å². The third-order valence-corrected chi connectivity index (χ3v) is 4.21. The predicted octanol–water partition coefficient (Wildman–Crippen LogP) is 3.44. The lowest BCUT2D eigenvalue weighted by Crippen LogP contribution is -2.32. The topological polar surface area (TPSA) is 24.1 Å². The average Bonchev–Trinajstić information content (AvgIpc) is 2.46. The van der Waals surface area contributed by atoms with Crippen molar-refractivity contribution in [3.63, 3.8) is 0 Å². The molecule has 100 valence electrons. The zero-order chi connectivity index (χ0) is 12.8. The maximum absolute atomic E-state index is 3.58. The highest BCUT2D eigenvalue weighted by Crippen LogP contribution is 2.24. The molecule has 0 aromatic heterocycles. The van der Waals surface area contributed by atoms with Gasteiger partial charge in [-0.3, -0.25) is 0 Å². The standard InChI is InChI=1S/C16H26N2/c1-3-13-4-10-16(11-5-13)18-12-14-6-8-15(17-2)9-7-14/h4-5,10-11,14-15,17-18H,3,6-9,12H2,1-2H3. The minimum absolute atomic E-state index is 0.755. The third-order valence-electron chi connectivity index (χ3n) is 4.21. The molecule has 0 amide bonds. The fourth-order valence-corrected chi connectivity index (χ4v) is 2.78. The van der Waals surface area contributed by atoms with Gasteiger partial charge in [-0.2, -0.15) is 0 Å². The summed E-state index contributed by atoms with van der Waals surface area (Å²) in [7, 11) is 2.08. The molecule has 0 saturated heterocycles. The number of anilines is 1. The SMILES string of the molecule is CCc1ccc(NCC2CCC(NC)CC2)cc1. The first-order valence-corrected chi connectivity index (χ1v) is 7.32. The van der Waals surface area contributed by atoms with Gasteiger partial charge in [-0.05, 0) is 62.8 Å². The molecule has 1 saturated carbocycles. The number of nitrogens with one attached hydrogen (secondary N) is 2.